The molecule has 0 aromatic carbocycles. The van der Waals surface area contributed by atoms with E-state index in [0.29, 0.717) is 36.8 Å². The number of aromatic nitrogens is 1. The topological polar surface area (TPSA) is 65.5 Å². The minimum absolute atomic E-state index is 0.108. The van der Waals surface area contributed by atoms with E-state index in [1.54, 1.807) is 0 Å². The molecule has 4 heterocycles. The summed E-state index contributed by atoms with van der Waals surface area (Å²) in [4.78, 5) is 35.1. The number of nitrogens with one attached hydrogen (secondary N) is 1. The van der Waals surface area contributed by atoms with E-state index >= 15 is 0 Å². The summed E-state index contributed by atoms with van der Waals surface area (Å²) in [5, 5.41) is 3.22. The molecule has 4 fully saturated rings. The first-order valence-corrected chi connectivity index (χ1v) is 12.4. The van der Waals surface area contributed by atoms with Gasteiger partial charge in [0.2, 0.25) is 11.8 Å². The van der Waals surface area contributed by atoms with E-state index in [0.717, 1.165) is 63.9 Å². The molecular weight excluding hydrogens is 388 g/mol. The molecular formula is C25H36N4O2. The Morgan fingerprint density at radius 1 is 1.16 bits per heavy atom. The molecule has 1 aromatic heterocycles. The molecule has 3 aliphatic heterocycles. The minimum Gasteiger partial charge on any atom is -0.356 e. The molecule has 4 atom stereocenters. The van der Waals surface area contributed by atoms with Gasteiger partial charge in [-0.15, -0.1) is 0 Å². The van der Waals surface area contributed by atoms with Crippen LogP contribution < -0.4 is 10.2 Å². The maximum absolute atomic E-state index is 13.0. The highest BCUT2D eigenvalue weighted by molar-refractivity contribution is 5.80. The van der Waals surface area contributed by atoms with Crippen molar-refractivity contribution in [1.29, 1.82) is 0 Å². The Bertz CT molecular complexity index is 852. The lowest BCUT2D eigenvalue weighted by molar-refractivity contribution is -0.149. The van der Waals surface area contributed by atoms with Crippen LogP contribution in [0.1, 0.15) is 63.1 Å². The van der Waals surface area contributed by atoms with Crippen LogP contribution in [-0.2, 0) is 16.0 Å². The highest BCUT2D eigenvalue weighted by Gasteiger charge is 2.49. The van der Waals surface area contributed by atoms with E-state index in [2.05, 4.69) is 41.1 Å². The molecule has 168 valence electrons. The van der Waals surface area contributed by atoms with Crippen molar-refractivity contribution in [1.82, 2.24) is 15.2 Å². The predicted octanol–water partition coefficient (Wildman–Crippen LogP) is 3.07. The number of piperidine rings is 3. The van der Waals surface area contributed by atoms with Gasteiger partial charge in [-0.3, -0.25) is 9.59 Å². The van der Waals surface area contributed by atoms with Gasteiger partial charge in [0.05, 0.1) is 6.04 Å². The van der Waals surface area contributed by atoms with E-state index < -0.39 is 0 Å². The number of pyridine rings is 1. The number of anilines is 1. The zero-order valence-corrected chi connectivity index (χ0v) is 19.0. The molecule has 1 saturated carbocycles. The molecule has 1 N–H and O–H groups in total. The van der Waals surface area contributed by atoms with Crippen LogP contribution in [0.2, 0.25) is 0 Å². The molecule has 2 amide bonds. The van der Waals surface area contributed by atoms with Gasteiger partial charge in [-0.2, -0.15) is 0 Å². The number of carbonyl (C=O) groups is 2. The van der Waals surface area contributed by atoms with Crippen LogP contribution in [0, 0.1) is 24.7 Å². The van der Waals surface area contributed by atoms with Crippen molar-refractivity contribution in [2.75, 3.05) is 24.5 Å². The van der Waals surface area contributed by atoms with E-state index in [1.807, 2.05) is 0 Å². The normalized spacial score (nSPS) is 30.6. The Morgan fingerprint density at radius 3 is 2.71 bits per heavy atom. The molecule has 2 bridgehead atoms. The van der Waals surface area contributed by atoms with Crippen LogP contribution in [0.3, 0.4) is 0 Å². The average molecular weight is 425 g/mol. The van der Waals surface area contributed by atoms with Crippen LogP contribution >= 0.6 is 0 Å². The first kappa shape index (κ1) is 20.8. The molecule has 31 heavy (non-hydrogen) atoms. The summed E-state index contributed by atoms with van der Waals surface area (Å²) in [6.45, 7) is 6.79. The number of carbonyl (C=O) groups excluding carboxylic acids is 2. The summed E-state index contributed by atoms with van der Waals surface area (Å²) in [5.41, 5.74) is 2.43. The summed E-state index contributed by atoms with van der Waals surface area (Å²) in [5.74, 6) is 2.63. The number of hydrogen-bond acceptors (Lipinski definition) is 4. The number of amides is 2. The van der Waals surface area contributed by atoms with Gasteiger partial charge in [-0.05, 0) is 68.9 Å². The van der Waals surface area contributed by atoms with Gasteiger partial charge >= 0.3 is 0 Å². The van der Waals surface area contributed by atoms with Crippen molar-refractivity contribution in [3.63, 3.8) is 0 Å². The molecule has 4 aliphatic rings. The molecule has 3 saturated heterocycles. The van der Waals surface area contributed by atoms with Crippen molar-refractivity contribution in [2.24, 2.45) is 17.8 Å². The van der Waals surface area contributed by atoms with Crippen LogP contribution in [0.15, 0.2) is 12.1 Å². The Labute approximate surface area is 185 Å². The lowest BCUT2D eigenvalue weighted by Crippen LogP contribution is -2.67. The van der Waals surface area contributed by atoms with Crippen LogP contribution in [0.4, 0.5) is 5.82 Å². The Morgan fingerprint density at radius 2 is 1.97 bits per heavy atom. The van der Waals surface area contributed by atoms with E-state index in [-0.39, 0.29) is 17.9 Å². The second-order valence-corrected chi connectivity index (χ2v) is 10.1. The largest absolute Gasteiger partial charge is 0.356 e. The van der Waals surface area contributed by atoms with Gasteiger partial charge in [0.25, 0.3) is 0 Å². The first-order chi connectivity index (χ1) is 15.0. The zero-order chi connectivity index (χ0) is 21.5. The maximum atomic E-state index is 13.0. The Kier molecular flexibility index (Phi) is 5.65. The molecule has 0 radical (unpaired) electrons. The van der Waals surface area contributed by atoms with Crippen molar-refractivity contribution < 1.29 is 9.59 Å². The van der Waals surface area contributed by atoms with Gasteiger partial charge in [-0.25, -0.2) is 4.98 Å². The fourth-order valence-electron chi connectivity index (χ4n) is 6.34. The molecule has 1 aromatic rings. The van der Waals surface area contributed by atoms with Crippen molar-refractivity contribution in [3.8, 4) is 0 Å². The number of nitrogens with zero attached hydrogens (tertiary/aromatic N) is 3. The molecule has 6 nitrogen and oxygen atoms in total. The zero-order valence-electron chi connectivity index (χ0n) is 19.0. The van der Waals surface area contributed by atoms with Gasteiger partial charge in [0.1, 0.15) is 5.82 Å². The molecule has 6 heteroatoms. The van der Waals surface area contributed by atoms with Crippen molar-refractivity contribution >= 4 is 17.6 Å². The third-order valence-corrected chi connectivity index (χ3v) is 8.30. The monoisotopic (exact) mass is 424 g/mol. The van der Waals surface area contributed by atoms with Crippen molar-refractivity contribution in [2.45, 2.75) is 77.3 Å². The Hall–Kier alpha value is -2.11. The van der Waals surface area contributed by atoms with Gasteiger partial charge in [0.15, 0.2) is 0 Å². The second kappa shape index (κ2) is 8.44. The second-order valence-electron chi connectivity index (χ2n) is 10.1. The third-order valence-electron chi connectivity index (χ3n) is 8.30. The van der Waals surface area contributed by atoms with Crippen LogP contribution in [-0.4, -0.2) is 53.4 Å². The maximum Gasteiger partial charge on any atom is 0.223 e. The van der Waals surface area contributed by atoms with E-state index in [9.17, 15) is 9.59 Å². The fraction of sp³-hybridized carbons (Fsp3) is 0.720. The number of fused-ring (bicyclic) bond motifs is 4. The lowest BCUT2D eigenvalue weighted by Gasteiger charge is -2.57. The van der Waals surface area contributed by atoms with Gasteiger partial charge in [-0.1, -0.05) is 19.4 Å². The first-order valence-electron chi connectivity index (χ1n) is 12.4. The predicted molar refractivity (Wildman–Crippen MR) is 121 cm³/mol. The van der Waals surface area contributed by atoms with Gasteiger partial charge in [0, 0.05) is 43.7 Å². The molecule has 0 spiro atoms. The smallest absolute Gasteiger partial charge is 0.223 e. The SMILES string of the molecule is CCc1nc(N2C[C@H]3C[C@@H](C2)[C@H](CNC(=O)C2CCC2)N2C(=O)CCC[C@@H]32)ccc1C. The van der Waals surface area contributed by atoms with Crippen LogP contribution in [0.25, 0.3) is 0 Å². The summed E-state index contributed by atoms with van der Waals surface area (Å²) in [6.07, 6.45) is 8.03. The highest BCUT2D eigenvalue weighted by atomic mass is 16.2. The number of aryl methyl sites for hydroxylation is 2. The average Bonchev–Trinajstić information content (AvgIpc) is 2.73. The number of hydrogen-bond donors (Lipinski definition) is 1. The quantitative estimate of drug-likeness (QED) is 0.789. The Balaban J connectivity index is 1.38. The minimum atomic E-state index is 0.108. The number of rotatable bonds is 5. The van der Waals surface area contributed by atoms with Crippen molar-refractivity contribution in [3.05, 3.63) is 23.4 Å². The molecule has 1 aliphatic carbocycles. The molecule has 0 unspecified atom stereocenters. The van der Waals surface area contributed by atoms with Gasteiger partial charge < -0.3 is 15.1 Å². The van der Waals surface area contributed by atoms with E-state index in [1.165, 1.54) is 11.3 Å². The summed E-state index contributed by atoms with van der Waals surface area (Å²) < 4.78 is 0. The highest BCUT2D eigenvalue weighted by Crippen LogP contribution is 2.42. The summed E-state index contributed by atoms with van der Waals surface area (Å²) in [6, 6.07) is 4.77. The lowest BCUT2D eigenvalue weighted by atomic mass is 9.72. The standard InChI is InChI=1S/C25H36N4O2/c1-3-20-16(2)10-11-23(27-20)28-14-18-12-19(15-28)22(13-26-25(31)17-6-4-7-17)29-21(18)8-5-9-24(29)30/h10-11,17-19,21-22H,3-9,12-15H2,1-2H3,(H,26,31)/t18-,19+,21+,22+/m1/s1. The third kappa shape index (κ3) is 3.83. The van der Waals surface area contributed by atoms with E-state index in [4.69, 9.17) is 4.98 Å². The fourth-order valence-corrected chi connectivity index (χ4v) is 6.34. The summed E-state index contributed by atoms with van der Waals surface area (Å²) >= 11 is 0. The molecule has 5 rings (SSSR count). The summed E-state index contributed by atoms with van der Waals surface area (Å²) in [7, 11) is 0. The van der Waals surface area contributed by atoms with Crippen LogP contribution in [0.5, 0.6) is 0 Å².